The van der Waals surface area contributed by atoms with Crippen molar-refractivity contribution in [2.45, 2.75) is 57.6 Å². The van der Waals surface area contributed by atoms with Crippen LogP contribution in [0.15, 0.2) is 36.4 Å². The van der Waals surface area contributed by atoms with Gasteiger partial charge in [0.15, 0.2) is 0 Å². The van der Waals surface area contributed by atoms with Gasteiger partial charge in [0.2, 0.25) is 0 Å². The predicted octanol–water partition coefficient (Wildman–Crippen LogP) is 6.15. The van der Waals surface area contributed by atoms with Gasteiger partial charge in [0, 0.05) is 33.2 Å². The van der Waals surface area contributed by atoms with E-state index in [-0.39, 0.29) is 34.6 Å². The Morgan fingerprint density at radius 3 is 2.05 bits per heavy atom. The Morgan fingerprint density at radius 2 is 1.56 bits per heavy atom. The first-order valence-electron chi connectivity index (χ1n) is 12.0. The minimum atomic E-state index is -5.84. The fourth-order valence-electron chi connectivity index (χ4n) is 4.21. The Hall–Kier alpha value is -2.40. The smallest absolute Gasteiger partial charge is 0.354 e. The highest BCUT2D eigenvalue weighted by atomic mass is 127. The molecule has 0 saturated carbocycles. The van der Waals surface area contributed by atoms with Crippen LogP contribution in [0.25, 0.3) is 0 Å². The summed E-state index contributed by atoms with van der Waals surface area (Å²) in [6, 6.07) is 6.42. The lowest BCUT2D eigenvalue weighted by molar-refractivity contribution is -0.389. The van der Waals surface area contributed by atoms with E-state index in [1.165, 1.54) is 45.9 Å². The molecule has 0 unspecified atom stereocenters. The number of carbonyl (C=O) groups excluding carboxylic acids is 2. The van der Waals surface area contributed by atoms with E-state index in [0.717, 1.165) is 12.3 Å². The molecule has 2 amide bonds. The van der Waals surface area contributed by atoms with Crippen molar-refractivity contribution in [2.24, 2.45) is 0 Å². The number of aryl methyl sites for hydroxylation is 1. The molecule has 2 rings (SSSR count). The van der Waals surface area contributed by atoms with Crippen molar-refractivity contribution in [1.29, 1.82) is 0 Å². The van der Waals surface area contributed by atoms with Crippen LogP contribution in [0.1, 0.15) is 59.0 Å². The standard InChI is InChI=1S/C26H29F6IN2O5S/c1-6-12-40-24(25(27,28)29,26(30,31)32)16-10-11-19(15(2)13-16)34-21(36)17-8-7-9-18(33)20(17)22(37)35-23(3,4)14-41(5,38)39/h7-11,13H,6,12,14H2,1-5H3,(H,34,36)(H,35,37). The van der Waals surface area contributed by atoms with Crippen molar-refractivity contribution in [3.05, 3.63) is 62.2 Å². The zero-order chi connectivity index (χ0) is 31.6. The van der Waals surface area contributed by atoms with Crippen molar-refractivity contribution in [3.8, 4) is 0 Å². The number of hydrogen-bond acceptors (Lipinski definition) is 5. The van der Waals surface area contributed by atoms with E-state index in [2.05, 4.69) is 15.4 Å². The predicted molar refractivity (Wildman–Crippen MR) is 150 cm³/mol. The molecule has 0 fully saturated rings. The van der Waals surface area contributed by atoms with Crippen LogP contribution in [-0.2, 0) is 20.2 Å². The summed E-state index contributed by atoms with van der Waals surface area (Å²) < 4.78 is 112. The Balaban J connectivity index is 2.49. The SMILES string of the molecule is CCCOC(c1ccc(NC(=O)c2cccc(I)c2C(=O)NC(C)(C)CS(C)(=O)=O)c(C)c1)(C(F)(F)F)C(F)(F)F. The molecule has 0 atom stereocenters. The lowest BCUT2D eigenvalue weighted by Gasteiger charge is -2.37. The van der Waals surface area contributed by atoms with Crippen LogP contribution >= 0.6 is 22.6 Å². The van der Waals surface area contributed by atoms with E-state index in [0.29, 0.717) is 15.7 Å². The van der Waals surface area contributed by atoms with E-state index in [1.807, 2.05) is 0 Å². The molecule has 0 aromatic heterocycles. The summed E-state index contributed by atoms with van der Waals surface area (Å²) in [4.78, 5) is 26.3. The van der Waals surface area contributed by atoms with E-state index in [4.69, 9.17) is 0 Å². The minimum Gasteiger partial charge on any atom is -0.354 e. The van der Waals surface area contributed by atoms with Gasteiger partial charge < -0.3 is 15.4 Å². The molecule has 228 valence electrons. The summed E-state index contributed by atoms with van der Waals surface area (Å²) in [5.41, 5.74) is -7.46. The van der Waals surface area contributed by atoms with Crippen molar-refractivity contribution in [1.82, 2.24) is 5.32 Å². The first kappa shape index (κ1) is 34.8. The zero-order valence-corrected chi connectivity index (χ0v) is 25.7. The number of amides is 2. The first-order valence-corrected chi connectivity index (χ1v) is 15.2. The van der Waals surface area contributed by atoms with Crippen LogP contribution < -0.4 is 10.6 Å². The zero-order valence-electron chi connectivity index (χ0n) is 22.7. The number of benzene rings is 2. The van der Waals surface area contributed by atoms with Gasteiger partial charge in [-0.2, -0.15) is 26.3 Å². The molecular formula is C26H29F6IN2O5S. The Labute approximate surface area is 247 Å². The van der Waals surface area contributed by atoms with Gasteiger partial charge in [-0.25, -0.2) is 8.42 Å². The number of ether oxygens (including phenoxy) is 1. The minimum absolute atomic E-state index is 0.0948. The fraction of sp³-hybridized carbons (Fsp3) is 0.462. The van der Waals surface area contributed by atoms with Gasteiger partial charge in [-0.1, -0.05) is 25.1 Å². The molecule has 0 bridgehead atoms. The average Bonchev–Trinajstić information content (AvgIpc) is 2.77. The monoisotopic (exact) mass is 722 g/mol. The number of sulfone groups is 1. The molecule has 0 spiro atoms. The summed E-state index contributed by atoms with van der Waals surface area (Å²) in [6.45, 7) is 4.74. The third kappa shape index (κ3) is 8.12. The highest BCUT2D eigenvalue weighted by molar-refractivity contribution is 14.1. The second kappa shape index (κ2) is 12.5. The number of hydrogen-bond donors (Lipinski definition) is 2. The second-order valence-corrected chi connectivity index (χ2v) is 13.4. The van der Waals surface area contributed by atoms with Gasteiger partial charge in [-0.05, 0) is 73.5 Å². The summed E-state index contributed by atoms with van der Waals surface area (Å²) >= 11 is 1.80. The molecule has 2 aromatic carbocycles. The summed E-state index contributed by atoms with van der Waals surface area (Å²) in [6.07, 6.45) is -10.8. The van der Waals surface area contributed by atoms with Crippen molar-refractivity contribution in [3.63, 3.8) is 0 Å². The molecule has 2 aromatic rings. The molecule has 41 heavy (non-hydrogen) atoms. The molecule has 0 heterocycles. The van der Waals surface area contributed by atoms with Crippen LogP contribution in [0.2, 0.25) is 0 Å². The van der Waals surface area contributed by atoms with E-state index in [1.54, 1.807) is 22.6 Å². The number of alkyl halides is 6. The molecule has 0 aliphatic carbocycles. The summed E-state index contributed by atoms with van der Waals surface area (Å²) in [5.74, 6) is -2.01. The third-order valence-corrected chi connectivity index (χ3v) is 7.91. The van der Waals surface area contributed by atoms with Crippen molar-refractivity contribution < 1.29 is 49.1 Å². The third-order valence-electron chi connectivity index (χ3n) is 5.76. The van der Waals surface area contributed by atoms with Gasteiger partial charge in [-0.15, -0.1) is 0 Å². The molecule has 2 N–H and O–H groups in total. The van der Waals surface area contributed by atoms with Gasteiger partial charge in [0.1, 0.15) is 9.84 Å². The highest BCUT2D eigenvalue weighted by Crippen LogP contribution is 2.53. The number of nitrogens with one attached hydrogen (secondary N) is 2. The molecule has 7 nitrogen and oxygen atoms in total. The topological polar surface area (TPSA) is 102 Å². The molecule has 0 saturated heterocycles. The maximum Gasteiger partial charge on any atom is 0.430 e. The van der Waals surface area contributed by atoms with Crippen LogP contribution in [0.3, 0.4) is 0 Å². The number of halogens is 7. The largest absolute Gasteiger partial charge is 0.430 e. The Kier molecular flexibility index (Phi) is 10.6. The van der Waals surface area contributed by atoms with Gasteiger partial charge in [-0.3, -0.25) is 9.59 Å². The first-order chi connectivity index (χ1) is 18.6. The average molecular weight is 722 g/mol. The molecule has 0 aliphatic rings. The molecule has 0 radical (unpaired) electrons. The van der Waals surface area contributed by atoms with Crippen molar-refractivity contribution >= 4 is 49.9 Å². The van der Waals surface area contributed by atoms with Crippen LogP contribution in [-0.4, -0.2) is 56.7 Å². The molecule has 15 heteroatoms. The lowest BCUT2D eigenvalue weighted by atomic mass is 9.90. The fourth-order valence-corrected chi connectivity index (χ4v) is 6.33. The molecule has 0 aliphatic heterocycles. The van der Waals surface area contributed by atoms with E-state index < -0.39 is 57.3 Å². The Bertz CT molecular complexity index is 1390. The van der Waals surface area contributed by atoms with Gasteiger partial charge in [0.25, 0.3) is 17.4 Å². The van der Waals surface area contributed by atoms with Gasteiger partial charge >= 0.3 is 12.4 Å². The van der Waals surface area contributed by atoms with E-state index in [9.17, 15) is 44.3 Å². The van der Waals surface area contributed by atoms with Gasteiger partial charge in [0.05, 0.1) is 16.9 Å². The second-order valence-electron chi connectivity index (χ2n) is 10.1. The Morgan fingerprint density at radius 1 is 0.976 bits per heavy atom. The normalized spacial score (nSPS) is 13.2. The quantitative estimate of drug-likeness (QED) is 0.227. The number of rotatable bonds is 10. The summed E-state index contributed by atoms with van der Waals surface area (Å²) in [7, 11) is -3.48. The summed E-state index contributed by atoms with van der Waals surface area (Å²) in [5, 5.41) is 5.01. The maximum absolute atomic E-state index is 13.9. The highest BCUT2D eigenvalue weighted by Gasteiger charge is 2.73. The van der Waals surface area contributed by atoms with Crippen LogP contribution in [0, 0.1) is 10.5 Å². The molecular weight excluding hydrogens is 693 g/mol. The van der Waals surface area contributed by atoms with E-state index >= 15 is 0 Å². The lowest BCUT2D eigenvalue weighted by Crippen LogP contribution is -2.56. The number of anilines is 1. The number of carbonyl (C=O) groups is 2. The maximum atomic E-state index is 13.9. The van der Waals surface area contributed by atoms with Crippen molar-refractivity contribution in [2.75, 3.05) is 23.9 Å². The van der Waals surface area contributed by atoms with Crippen LogP contribution in [0.4, 0.5) is 32.0 Å². The van der Waals surface area contributed by atoms with Crippen LogP contribution in [0.5, 0.6) is 0 Å².